The Morgan fingerprint density at radius 3 is 2.04 bits per heavy atom. The number of carbonyl (C=O) groups excluding carboxylic acids is 1. The Morgan fingerprint density at radius 1 is 0.920 bits per heavy atom. The number of methoxy groups -OCH3 is 2. The van der Waals surface area contributed by atoms with Crippen LogP contribution < -0.4 is 35.7 Å². The number of hydrogen-bond acceptors (Lipinski definition) is 4. The summed E-state index contributed by atoms with van der Waals surface area (Å²) in [6, 6.07) is 12.8. The summed E-state index contributed by atoms with van der Waals surface area (Å²) < 4.78 is 16.7. The summed E-state index contributed by atoms with van der Waals surface area (Å²) in [6.07, 6.45) is 0. The Hall–Kier alpha value is -2.05. The molecule has 0 aliphatic carbocycles. The van der Waals surface area contributed by atoms with Crippen LogP contribution in [0.15, 0.2) is 42.5 Å². The molecular formula is C19H24BrNO4. The fourth-order valence-corrected chi connectivity index (χ4v) is 2.23. The van der Waals surface area contributed by atoms with Crippen LogP contribution in [0.25, 0.3) is 0 Å². The van der Waals surface area contributed by atoms with Gasteiger partial charge in [0, 0.05) is 17.7 Å². The van der Waals surface area contributed by atoms with E-state index < -0.39 is 0 Å². The second-order valence-electron chi connectivity index (χ2n) is 6.29. The van der Waals surface area contributed by atoms with Gasteiger partial charge in [-0.05, 0) is 30.3 Å². The monoisotopic (exact) mass is 409 g/mol. The molecule has 136 valence electrons. The third-order valence-corrected chi connectivity index (χ3v) is 3.69. The van der Waals surface area contributed by atoms with Crippen molar-refractivity contribution in [3.8, 4) is 17.2 Å². The molecule has 0 N–H and O–H groups in total. The number of Topliss-reactive ketones (excluding diaryl/α,β-unsaturated/α-hetero) is 1. The summed E-state index contributed by atoms with van der Waals surface area (Å²) in [5.41, 5.74) is 1.68. The molecule has 0 atom stereocenters. The molecule has 0 unspecified atom stereocenters. The first-order chi connectivity index (χ1) is 11.3. The van der Waals surface area contributed by atoms with E-state index in [-0.39, 0.29) is 29.4 Å². The fraction of sp³-hybridized carbons (Fsp3) is 0.316. The van der Waals surface area contributed by atoms with Crippen molar-refractivity contribution in [2.45, 2.75) is 0 Å². The van der Waals surface area contributed by atoms with Crippen molar-refractivity contribution >= 4 is 11.5 Å². The third-order valence-electron chi connectivity index (χ3n) is 3.69. The molecule has 0 saturated heterocycles. The first kappa shape index (κ1) is 21.0. The predicted octanol–water partition coefficient (Wildman–Crippen LogP) is 0.166. The first-order valence-corrected chi connectivity index (χ1v) is 7.65. The summed E-state index contributed by atoms with van der Waals surface area (Å²) >= 11 is 0. The zero-order valence-electron chi connectivity index (χ0n) is 15.2. The van der Waals surface area contributed by atoms with Crippen molar-refractivity contribution < 1.29 is 36.0 Å². The number of nitrogens with zero attached hydrogens (tertiary/aromatic N) is 1. The van der Waals surface area contributed by atoms with Gasteiger partial charge in [-0.1, -0.05) is 0 Å². The molecule has 25 heavy (non-hydrogen) atoms. The molecule has 0 aliphatic rings. The van der Waals surface area contributed by atoms with E-state index in [9.17, 15) is 4.79 Å². The van der Waals surface area contributed by atoms with Crippen LogP contribution >= 0.6 is 0 Å². The van der Waals surface area contributed by atoms with E-state index in [0.29, 0.717) is 22.8 Å². The molecule has 0 spiro atoms. The molecule has 0 amide bonds. The smallest absolute Gasteiger partial charge is 0.200 e. The van der Waals surface area contributed by atoms with Crippen molar-refractivity contribution in [2.24, 2.45) is 0 Å². The molecule has 5 nitrogen and oxygen atoms in total. The summed E-state index contributed by atoms with van der Waals surface area (Å²) in [5, 5.41) is 0. The number of ketones is 1. The second kappa shape index (κ2) is 8.87. The molecule has 6 heteroatoms. The minimum absolute atomic E-state index is 0. The van der Waals surface area contributed by atoms with Crippen LogP contribution in [0.4, 0.5) is 5.69 Å². The van der Waals surface area contributed by atoms with Crippen LogP contribution in [0.2, 0.25) is 0 Å². The zero-order valence-corrected chi connectivity index (χ0v) is 16.8. The van der Waals surface area contributed by atoms with Gasteiger partial charge >= 0.3 is 0 Å². The Labute approximate surface area is 159 Å². The lowest BCUT2D eigenvalue weighted by Crippen LogP contribution is -3.00. The highest BCUT2D eigenvalue weighted by Crippen LogP contribution is 2.28. The molecule has 0 bridgehead atoms. The van der Waals surface area contributed by atoms with Gasteiger partial charge in [0.05, 0.1) is 35.4 Å². The van der Waals surface area contributed by atoms with Gasteiger partial charge in [0.25, 0.3) is 0 Å². The summed E-state index contributed by atoms with van der Waals surface area (Å²) in [4.78, 5) is 12.3. The van der Waals surface area contributed by atoms with E-state index in [2.05, 4.69) is 21.1 Å². The van der Waals surface area contributed by atoms with Gasteiger partial charge in [-0.2, -0.15) is 0 Å². The van der Waals surface area contributed by atoms with E-state index in [1.54, 1.807) is 25.3 Å². The number of ether oxygens (including phenoxy) is 3. The highest BCUT2D eigenvalue weighted by atomic mass is 79.9. The molecule has 0 aliphatic heterocycles. The molecule has 2 aromatic carbocycles. The molecule has 0 heterocycles. The van der Waals surface area contributed by atoms with Crippen molar-refractivity contribution in [1.29, 1.82) is 0 Å². The normalized spacial score (nSPS) is 10.6. The van der Waals surface area contributed by atoms with Crippen LogP contribution in [-0.2, 0) is 0 Å². The Bertz CT molecular complexity index is 708. The van der Waals surface area contributed by atoms with Crippen LogP contribution in [0.1, 0.15) is 10.4 Å². The summed E-state index contributed by atoms with van der Waals surface area (Å²) in [7, 11) is 9.38. The van der Waals surface area contributed by atoms with Gasteiger partial charge in [0.15, 0.2) is 23.9 Å². The highest BCUT2D eigenvalue weighted by molar-refractivity contribution is 5.97. The highest BCUT2D eigenvalue weighted by Gasteiger charge is 2.13. The average molecular weight is 410 g/mol. The van der Waals surface area contributed by atoms with Crippen LogP contribution in [0.3, 0.4) is 0 Å². The van der Waals surface area contributed by atoms with Gasteiger partial charge in [-0.25, -0.2) is 0 Å². The minimum Gasteiger partial charge on any atom is -1.00 e. The van der Waals surface area contributed by atoms with Crippen LogP contribution in [0, 0.1) is 0 Å². The maximum Gasteiger partial charge on any atom is 0.200 e. The zero-order chi connectivity index (χ0) is 17.7. The fourth-order valence-electron chi connectivity index (χ4n) is 2.23. The standard InChI is InChI=1S/C19H24NO4.BrH/c1-20(2,3)15-7-9-16(10-8-15)24-13-17(21)14-6-11-18(22-4)19(12-14)23-5;/h6-12H,13H2,1-5H3;1H/q+1;/p-1. The minimum atomic E-state index is -0.119. The number of carbonyl (C=O) groups is 1. The number of hydrogen-bond donors (Lipinski definition) is 0. The van der Waals surface area contributed by atoms with Crippen molar-refractivity contribution in [3.05, 3.63) is 48.0 Å². The second-order valence-corrected chi connectivity index (χ2v) is 6.29. The maximum absolute atomic E-state index is 12.3. The lowest BCUT2D eigenvalue weighted by Gasteiger charge is -2.23. The van der Waals surface area contributed by atoms with Crippen LogP contribution in [0.5, 0.6) is 17.2 Å². The molecule has 0 saturated carbocycles. The van der Waals surface area contributed by atoms with Crippen molar-refractivity contribution in [2.75, 3.05) is 42.0 Å². The number of benzene rings is 2. The lowest BCUT2D eigenvalue weighted by molar-refractivity contribution is -0.0000133. The molecule has 0 fully saturated rings. The lowest BCUT2D eigenvalue weighted by atomic mass is 10.1. The molecule has 2 rings (SSSR count). The number of halogens is 1. The Morgan fingerprint density at radius 2 is 1.52 bits per heavy atom. The van der Waals surface area contributed by atoms with Gasteiger partial charge < -0.3 is 31.2 Å². The predicted molar refractivity (Wildman–Crippen MR) is 95.4 cm³/mol. The van der Waals surface area contributed by atoms with E-state index in [1.807, 2.05) is 24.3 Å². The van der Waals surface area contributed by atoms with Crippen molar-refractivity contribution in [1.82, 2.24) is 4.48 Å². The molecule has 0 aromatic heterocycles. The first-order valence-electron chi connectivity index (χ1n) is 7.65. The molecule has 2 aromatic rings. The number of rotatable bonds is 7. The summed E-state index contributed by atoms with van der Waals surface area (Å²) in [6.45, 7) is -0.0286. The van der Waals surface area contributed by atoms with E-state index >= 15 is 0 Å². The van der Waals surface area contributed by atoms with E-state index in [0.717, 1.165) is 10.2 Å². The largest absolute Gasteiger partial charge is 1.00 e. The Balaban J connectivity index is 0.00000312. The maximum atomic E-state index is 12.3. The van der Waals surface area contributed by atoms with Gasteiger partial charge in [-0.3, -0.25) is 9.28 Å². The average Bonchev–Trinajstić information content (AvgIpc) is 2.58. The van der Waals surface area contributed by atoms with E-state index in [4.69, 9.17) is 14.2 Å². The molecule has 0 radical (unpaired) electrons. The third kappa shape index (κ3) is 5.47. The summed E-state index contributed by atoms with van der Waals surface area (Å²) in [5.74, 6) is 1.66. The SMILES string of the molecule is COc1ccc(C(=O)COc2ccc([N+](C)(C)C)cc2)cc1OC.[Br-]. The topological polar surface area (TPSA) is 44.8 Å². The quantitative estimate of drug-likeness (QED) is 0.482. The number of quaternary nitrogens is 1. The van der Waals surface area contributed by atoms with Gasteiger partial charge in [0.2, 0.25) is 0 Å². The van der Waals surface area contributed by atoms with Crippen molar-refractivity contribution in [3.63, 3.8) is 0 Å². The van der Waals surface area contributed by atoms with E-state index in [1.165, 1.54) is 7.11 Å². The van der Waals surface area contributed by atoms with Gasteiger partial charge in [0.1, 0.15) is 11.4 Å². The van der Waals surface area contributed by atoms with Crippen LogP contribution in [-0.4, -0.2) is 47.8 Å². The molecular weight excluding hydrogens is 386 g/mol. The van der Waals surface area contributed by atoms with Gasteiger partial charge in [-0.15, -0.1) is 0 Å². The Kier molecular flexibility index (Phi) is 7.45.